The number of methoxy groups -OCH3 is 1. The Hall–Kier alpha value is -3.28. The fourth-order valence-electron chi connectivity index (χ4n) is 3.48. The molecule has 0 atom stereocenters. The van der Waals surface area contributed by atoms with E-state index in [1.54, 1.807) is 41.1 Å². The third kappa shape index (κ3) is 3.74. The first-order valence-corrected chi connectivity index (χ1v) is 11.1. The van der Waals surface area contributed by atoms with Gasteiger partial charge in [0.25, 0.3) is 5.91 Å². The number of aromatic nitrogens is 2. The first kappa shape index (κ1) is 21.9. The number of amides is 1. The number of rotatable bonds is 3. The zero-order valence-electron chi connectivity index (χ0n) is 18.7. The van der Waals surface area contributed by atoms with Crippen LogP contribution in [0.3, 0.4) is 0 Å². The van der Waals surface area contributed by atoms with Crippen LogP contribution in [0.15, 0.2) is 29.0 Å². The highest BCUT2D eigenvalue weighted by Gasteiger charge is 2.34. The normalized spacial score (nSPS) is 12.2. The molecule has 0 bridgehead atoms. The van der Waals surface area contributed by atoms with Crippen molar-refractivity contribution >= 4 is 17.2 Å². The maximum Gasteiger partial charge on any atom is 0.274 e. The van der Waals surface area contributed by atoms with E-state index in [9.17, 15) is 4.79 Å². The Labute approximate surface area is 191 Å². The van der Waals surface area contributed by atoms with E-state index in [0.717, 1.165) is 22.5 Å². The van der Waals surface area contributed by atoms with Gasteiger partial charge in [-0.25, -0.2) is 4.68 Å². The molecule has 8 heteroatoms. The second-order valence-electron chi connectivity index (χ2n) is 8.40. The average molecular weight is 452 g/mol. The Bertz CT molecular complexity index is 1230. The predicted octanol–water partition coefficient (Wildman–Crippen LogP) is 3.72. The lowest BCUT2D eigenvalue weighted by Gasteiger charge is -2.31. The number of hydrogen-bond acceptors (Lipinski definition) is 6. The van der Waals surface area contributed by atoms with E-state index in [4.69, 9.17) is 19.7 Å². The van der Waals surface area contributed by atoms with Gasteiger partial charge in [0.1, 0.15) is 24.7 Å². The zero-order valence-corrected chi connectivity index (χ0v) is 19.5. The number of aliphatic hydroxyl groups excluding tert-OH is 1. The van der Waals surface area contributed by atoms with Crippen molar-refractivity contribution in [2.45, 2.75) is 32.9 Å². The number of aliphatic hydroxyl groups is 1. The minimum Gasteiger partial charge on any atom is -0.495 e. The highest BCUT2D eigenvalue weighted by Crippen LogP contribution is 2.43. The molecule has 0 saturated carbocycles. The standard InChI is InChI=1S/C24H25N3O4S/c1-24(2,3)26(4)23(29)21-18-13-31-20-12-19(30-5)15(7-6-9-28)11-17(20)22(18)27(25-21)16-8-10-32-14-16/h8,10-12,14,28H,9,13H2,1-5H3. The van der Waals surface area contributed by atoms with Gasteiger partial charge in [-0.3, -0.25) is 4.79 Å². The van der Waals surface area contributed by atoms with Gasteiger partial charge in [0, 0.05) is 35.2 Å². The van der Waals surface area contributed by atoms with Gasteiger partial charge < -0.3 is 19.5 Å². The first-order valence-electron chi connectivity index (χ1n) is 10.1. The fourth-order valence-corrected chi connectivity index (χ4v) is 4.09. The molecule has 0 saturated heterocycles. The lowest BCUT2D eigenvalue weighted by atomic mass is 9.98. The number of thiophene rings is 1. The van der Waals surface area contributed by atoms with Crippen LogP contribution in [-0.2, 0) is 6.61 Å². The van der Waals surface area contributed by atoms with Crippen LogP contribution in [0.5, 0.6) is 11.5 Å². The minimum absolute atomic E-state index is 0.163. The lowest BCUT2D eigenvalue weighted by Crippen LogP contribution is -2.43. The van der Waals surface area contributed by atoms with E-state index in [1.807, 2.05) is 43.7 Å². The van der Waals surface area contributed by atoms with Crippen molar-refractivity contribution in [3.05, 3.63) is 45.8 Å². The summed E-state index contributed by atoms with van der Waals surface area (Å²) in [4.78, 5) is 15.1. The molecule has 0 aliphatic carbocycles. The summed E-state index contributed by atoms with van der Waals surface area (Å²) in [5.74, 6) is 6.62. The predicted molar refractivity (Wildman–Crippen MR) is 124 cm³/mol. The Morgan fingerprint density at radius 1 is 1.41 bits per heavy atom. The Morgan fingerprint density at radius 2 is 2.19 bits per heavy atom. The molecular weight excluding hydrogens is 426 g/mol. The molecular formula is C24H25N3O4S. The molecule has 1 aliphatic rings. The molecule has 7 nitrogen and oxygen atoms in total. The molecule has 0 unspecified atom stereocenters. The average Bonchev–Trinajstić information content (AvgIpc) is 3.43. The van der Waals surface area contributed by atoms with Crippen molar-refractivity contribution in [3.8, 4) is 40.3 Å². The monoisotopic (exact) mass is 451 g/mol. The summed E-state index contributed by atoms with van der Waals surface area (Å²) in [6.45, 7) is 5.91. The summed E-state index contributed by atoms with van der Waals surface area (Å²) >= 11 is 1.56. The van der Waals surface area contributed by atoms with Crippen LogP contribution in [0.4, 0.5) is 0 Å². The highest BCUT2D eigenvalue weighted by atomic mass is 32.1. The van der Waals surface area contributed by atoms with Crippen molar-refractivity contribution in [3.63, 3.8) is 0 Å². The van der Waals surface area contributed by atoms with Crippen molar-refractivity contribution in [2.75, 3.05) is 20.8 Å². The number of carbonyl (C=O) groups excluding carboxylic acids is 1. The quantitative estimate of drug-likeness (QED) is 0.615. The van der Waals surface area contributed by atoms with Gasteiger partial charge in [-0.1, -0.05) is 11.8 Å². The van der Waals surface area contributed by atoms with Gasteiger partial charge in [-0.15, -0.1) is 0 Å². The van der Waals surface area contributed by atoms with E-state index < -0.39 is 0 Å². The van der Waals surface area contributed by atoms with Gasteiger partial charge in [-0.2, -0.15) is 16.4 Å². The Balaban J connectivity index is 1.96. The number of fused-ring (bicyclic) bond motifs is 3. The number of ether oxygens (including phenoxy) is 2. The van der Waals surface area contributed by atoms with E-state index in [2.05, 4.69) is 11.8 Å². The molecule has 166 valence electrons. The molecule has 1 aromatic carbocycles. The van der Waals surface area contributed by atoms with Crippen LogP contribution in [-0.4, -0.2) is 52.0 Å². The van der Waals surface area contributed by atoms with Gasteiger partial charge in [0.2, 0.25) is 0 Å². The summed E-state index contributed by atoms with van der Waals surface area (Å²) in [6.07, 6.45) is 0. The molecule has 0 radical (unpaired) electrons. The van der Waals surface area contributed by atoms with Gasteiger partial charge in [-0.05, 0) is 38.3 Å². The summed E-state index contributed by atoms with van der Waals surface area (Å²) in [5, 5.41) is 17.8. The number of carbonyl (C=O) groups is 1. The third-order valence-electron chi connectivity index (χ3n) is 5.48. The number of benzene rings is 1. The maximum atomic E-state index is 13.4. The second kappa shape index (κ2) is 8.34. The summed E-state index contributed by atoms with van der Waals surface area (Å²) in [7, 11) is 3.35. The molecule has 0 fully saturated rings. The van der Waals surface area contributed by atoms with Gasteiger partial charge in [0.05, 0.1) is 24.1 Å². The largest absolute Gasteiger partial charge is 0.495 e. The van der Waals surface area contributed by atoms with E-state index in [1.165, 1.54) is 0 Å². The fraction of sp³-hybridized carbons (Fsp3) is 0.333. The summed E-state index contributed by atoms with van der Waals surface area (Å²) in [6, 6.07) is 5.61. The van der Waals surface area contributed by atoms with Crippen LogP contribution >= 0.6 is 11.3 Å². The topological polar surface area (TPSA) is 76.8 Å². The van der Waals surface area contributed by atoms with Crippen molar-refractivity contribution in [1.29, 1.82) is 0 Å². The van der Waals surface area contributed by atoms with Crippen molar-refractivity contribution in [2.24, 2.45) is 0 Å². The molecule has 3 heterocycles. The Morgan fingerprint density at radius 3 is 2.81 bits per heavy atom. The molecule has 0 spiro atoms. The van der Waals surface area contributed by atoms with Crippen LogP contribution < -0.4 is 9.47 Å². The van der Waals surface area contributed by atoms with Crippen LogP contribution in [0.2, 0.25) is 0 Å². The number of hydrogen-bond donors (Lipinski definition) is 1. The number of nitrogens with zero attached hydrogens (tertiary/aromatic N) is 3. The van der Waals surface area contributed by atoms with Crippen LogP contribution in [0.1, 0.15) is 42.4 Å². The summed E-state index contributed by atoms with van der Waals surface area (Å²) in [5.41, 5.74) is 3.80. The molecule has 1 aliphatic heterocycles. The first-order chi connectivity index (χ1) is 15.3. The van der Waals surface area contributed by atoms with E-state index >= 15 is 0 Å². The van der Waals surface area contributed by atoms with Crippen LogP contribution in [0.25, 0.3) is 16.9 Å². The molecule has 3 aromatic rings. The van der Waals surface area contributed by atoms with Crippen molar-refractivity contribution in [1.82, 2.24) is 14.7 Å². The maximum absolute atomic E-state index is 13.4. The smallest absolute Gasteiger partial charge is 0.274 e. The molecule has 2 aromatic heterocycles. The van der Waals surface area contributed by atoms with E-state index in [-0.39, 0.29) is 24.7 Å². The second-order valence-corrected chi connectivity index (χ2v) is 9.18. The minimum atomic E-state index is -0.357. The van der Waals surface area contributed by atoms with Gasteiger partial charge in [0.15, 0.2) is 5.69 Å². The molecule has 4 rings (SSSR count). The summed E-state index contributed by atoms with van der Waals surface area (Å²) < 4.78 is 13.3. The molecule has 32 heavy (non-hydrogen) atoms. The van der Waals surface area contributed by atoms with Crippen molar-refractivity contribution < 1.29 is 19.4 Å². The third-order valence-corrected chi connectivity index (χ3v) is 6.15. The highest BCUT2D eigenvalue weighted by molar-refractivity contribution is 7.08. The SMILES string of the molecule is COc1cc2c(cc1C#CCO)-c1c(c(C(=O)N(C)C(C)(C)C)nn1-c1ccsc1)CO2. The van der Waals surface area contributed by atoms with Crippen LogP contribution in [0, 0.1) is 11.8 Å². The zero-order chi connectivity index (χ0) is 23.0. The van der Waals surface area contributed by atoms with E-state index in [0.29, 0.717) is 22.8 Å². The lowest BCUT2D eigenvalue weighted by molar-refractivity contribution is 0.0646. The van der Waals surface area contributed by atoms with Gasteiger partial charge >= 0.3 is 0 Å². The molecule has 1 amide bonds. The Kier molecular flexibility index (Phi) is 5.71. The molecule has 1 N–H and O–H groups in total.